The van der Waals surface area contributed by atoms with E-state index in [-0.39, 0.29) is 11.3 Å². The lowest BCUT2D eigenvalue weighted by molar-refractivity contribution is -0.123. The van der Waals surface area contributed by atoms with E-state index in [0.717, 1.165) is 25.2 Å². The zero-order chi connectivity index (χ0) is 12.5. The number of rotatable bonds is 1. The van der Waals surface area contributed by atoms with Crippen LogP contribution in [0.25, 0.3) is 0 Å². The summed E-state index contributed by atoms with van der Waals surface area (Å²) < 4.78 is 0. The molecule has 0 spiro atoms. The second kappa shape index (κ2) is 4.49. The van der Waals surface area contributed by atoms with Gasteiger partial charge in [0.25, 0.3) is 0 Å². The molecule has 3 heteroatoms. The van der Waals surface area contributed by atoms with Crippen molar-refractivity contribution in [2.45, 2.75) is 33.7 Å². The Labute approximate surface area is 103 Å². The number of amides is 1. The summed E-state index contributed by atoms with van der Waals surface area (Å²) in [6.45, 7) is 7.67. The first-order valence-electron chi connectivity index (χ1n) is 6.11. The molecule has 0 unspecified atom stereocenters. The van der Waals surface area contributed by atoms with Gasteiger partial charge in [0.15, 0.2) is 0 Å². The third kappa shape index (κ3) is 2.67. The van der Waals surface area contributed by atoms with Gasteiger partial charge in [0.1, 0.15) is 0 Å². The SMILES string of the molecule is CC(C)(C)C(=O)Nc1cccc2c1CCNC2. The number of hydrogen-bond donors (Lipinski definition) is 2. The van der Waals surface area contributed by atoms with Gasteiger partial charge in [-0.2, -0.15) is 0 Å². The van der Waals surface area contributed by atoms with Crippen molar-refractivity contribution in [3.05, 3.63) is 29.3 Å². The number of carbonyl (C=O) groups is 1. The van der Waals surface area contributed by atoms with E-state index in [1.165, 1.54) is 11.1 Å². The molecule has 2 rings (SSSR count). The molecule has 3 nitrogen and oxygen atoms in total. The summed E-state index contributed by atoms with van der Waals surface area (Å²) in [5, 5.41) is 6.38. The molecule has 0 atom stereocenters. The molecule has 0 saturated carbocycles. The van der Waals surface area contributed by atoms with E-state index in [9.17, 15) is 4.79 Å². The van der Waals surface area contributed by atoms with Gasteiger partial charge in [-0.25, -0.2) is 0 Å². The molecule has 1 aliphatic heterocycles. The first-order valence-corrected chi connectivity index (χ1v) is 6.11. The molecule has 17 heavy (non-hydrogen) atoms. The molecule has 1 aromatic carbocycles. The summed E-state index contributed by atoms with van der Waals surface area (Å²) in [5.74, 6) is 0.0735. The Kier molecular flexibility index (Phi) is 3.20. The van der Waals surface area contributed by atoms with E-state index in [4.69, 9.17) is 0 Å². The molecule has 0 radical (unpaired) electrons. The monoisotopic (exact) mass is 232 g/mol. The van der Waals surface area contributed by atoms with Crippen LogP contribution in [0.1, 0.15) is 31.9 Å². The number of nitrogens with one attached hydrogen (secondary N) is 2. The lowest BCUT2D eigenvalue weighted by Gasteiger charge is -2.23. The Hall–Kier alpha value is -1.35. The Bertz CT molecular complexity index is 432. The molecule has 0 bridgehead atoms. The quantitative estimate of drug-likeness (QED) is 0.780. The lowest BCUT2D eigenvalue weighted by Crippen LogP contribution is -2.30. The molecule has 1 amide bonds. The second-order valence-corrected chi connectivity index (χ2v) is 5.57. The number of fused-ring (bicyclic) bond motifs is 1. The van der Waals surface area contributed by atoms with Crippen LogP contribution in [0.2, 0.25) is 0 Å². The number of carbonyl (C=O) groups excluding carboxylic acids is 1. The van der Waals surface area contributed by atoms with Crippen molar-refractivity contribution in [1.29, 1.82) is 0 Å². The van der Waals surface area contributed by atoms with E-state index in [0.29, 0.717) is 0 Å². The number of hydrogen-bond acceptors (Lipinski definition) is 2. The van der Waals surface area contributed by atoms with Crippen LogP contribution in [0.3, 0.4) is 0 Å². The van der Waals surface area contributed by atoms with Crippen LogP contribution >= 0.6 is 0 Å². The van der Waals surface area contributed by atoms with Crippen LogP contribution in [-0.4, -0.2) is 12.5 Å². The van der Waals surface area contributed by atoms with E-state index in [1.807, 2.05) is 32.9 Å². The maximum atomic E-state index is 12.0. The topological polar surface area (TPSA) is 41.1 Å². The van der Waals surface area contributed by atoms with Crippen molar-refractivity contribution in [3.63, 3.8) is 0 Å². The van der Waals surface area contributed by atoms with Gasteiger partial charge in [0.2, 0.25) is 5.91 Å². The number of benzene rings is 1. The first kappa shape index (κ1) is 12.1. The van der Waals surface area contributed by atoms with Gasteiger partial charge in [-0.05, 0) is 30.2 Å². The predicted octanol–water partition coefficient (Wildman–Crippen LogP) is 2.32. The average molecular weight is 232 g/mol. The molecule has 1 aromatic rings. The van der Waals surface area contributed by atoms with Crippen LogP contribution < -0.4 is 10.6 Å². The Morgan fingerprint density at radius 1 is 1.35 bits per heavy atom. The van der Waals surface area contributed by atoms with Gasteiger partial charge in [0.05, 0.1) is 0 Å². The molecule has 92 valence electrons. The zero-order valence-electron chi connectivity index (χ0n) is 10.8. The van der Waals surface area contributed by atoms with Gasteiger partial charge < -0.3 is 10.6 Å². The van der Waals surface area contributed by atoms with Crippen molar-refractivity contribution < 1.29 is 4.79 Å². The summed E-state index contributed by atoms with van der Waals surface area (Å²) >= 11 is 0. The smallest absolute Gasteiger partial charge is 0.229 e. The molecule has 1 heterocycles. The van der Waals surface area contributed by atoms with Crippen molar-refractivity contribution in [2.24, 2.45) is 5.41 Å². The second-order valence-electron chi connectivity index (χ2n) is 5.57. The van der Waals surface area contributed by atoms with Crippen molar-refractivity contribution in [2.75, 3.05) is 11.9 Å². The average Bonchev–Trinajstić information content (AvgIpc) is 2.28. The third-order valence-corrected chi connectivity index (χ3v) is 3.07. The van der Waals surface area contributed by atoms with Crippen molar-refractivity contribution >= 4 is 11.6 Å². The highest BCUT2D eigenvalue weighted by molar-refractivity contribution is 5.95. The third-order valence-electron chi connectivity index (χ3n) is 3.07. The highest BCUT2D eigenvalue weighted by atomic mass is 16.2. The standard InChI is InChI=1S/C14H20N2O/c1-14(2,3)13(17)16-12-6-4-5-10-9-15-8-7-11(10)12/h4-6,15H,7-9H2,1-3H3,(H,16,17). The van der Waals surface area contributed by atoms with Gasteiger partial charge in [-0.1, -0.05) is 32.9 Å². The minimum Gasteiger partial charge on any atom is -0.325 e. The fourth-order valence-electron chi connectivity index (χ4n) is 1.96. The highest BCUT2D eigenvalue weighted by Crippen LogP contribution is 2.25. The molecular weight excluding hydrogens is 212 g/mol. The highest BCUT2D eigenvalue weighted by Gasteiger charge is 2.22. The largest absolute Gasteiger partial charge is 0.325 e. The van der Waals surface area contributed by atoms with Crippen LogP contribution in [-0.2, 0) is 17.8 Å². The maximum absolute atomic E-state index is 12.0. The fourth-order valence-corrected chi connectivity index (χ4v) is 1.96. The minimum absolute atomic E-state index is 0.0735. The zero-order valence-corrected chi connectivity index (χ0v) is 10.8. The lowest BCUT2D eigenvalue weighted by atomic mass is 9.94. The first-order chi connectivity index (χ1) is 7.98. The van der Waals surface area contributed by atoms with Gasteiger partial charge in [-0.15, -0.1) is 0 Å². The predicted molar refractivity (Wildman–Crippen MR) is 69.9 cm³/mol. The molecule has 0 aromatic heterocycles. The fraction of sp³-hybridized carbons (Fsp3) is 0.500. The Morgan fingerprint density at radius 3 is 2.82 bits per heavy atom. The molecule has 0 fully saturated rings. The van der Waals surface area contributed by atoms with Crippen molar-refractivity contribution in [3.8, 4) is 0 Å². The van der Waals surface area contributed by atoms with Crippen LogP contribution in [0.4, 0.5) is 5.69 Å². The molecular formula is C14H20N2O. The molecule has 0 aliphatic carbocycles. The van der Waals surface area contributed by atoms with E-state index in [2.05, 4.69) is 16.7 Å². The van der Waals surface area contributed by atoms with Gasteiger partial charge >= 0.3 is 0 Å². The Morgan fingerprint density at radius 2 is 2.12 bits per heavy atom. The van der Waals surface area contributed by atoms with Gasteiger partial charge in [0, 0.05) is 17.6 Å². The van der Waals surface area contributed by atoms with E-state index in [1.54, 1.807) is 0 Å². The van der Waals surface area contributed by atoms with E-state index < -0.39 is 0 Å². The summed E-state index contributed by atoms with van der Waals surface area (Å²) in [6, 6.07) is 6.12. The minimum atomic E-state index is -0.352. The summed E-state index contributed by atoms with van der Waals surface area (Å²) in [6.07, 6.45) is 0.982. The molecule has 0 saturated heterocycles. The van der Waals surface area contributed by atoms with Crippen LogP contribution in [0.5, 0.6) is 0 Å². The Balaban J connectivity index is 2.25. The summed E-state index contributed by atoms with van der Waals surface area (Å²) in [4.78, 5) is 12.0. The molecule has 1 aliphatic rings. The summed E-state index contributed by atoms with van der Waals surface area (Å²) in [5.41, 5.74) is 3.20. The number of anilines is 1. The normalized spacial score (nSPS) is 15.2. The maximum Gasteiger partial charge on any atom is 0.229 e. The van der Waals surface area contributed by atoms with Crippen LogP contribution in [0.15, 0.2) is 18.2 Å². The molecule has 2 N–H and O–H groups in total. The van der Waals surface area contributed by atoms with Crippen LogP contribution in [0, 0.1) is 5.41 Å². The van der Waals surface area contributed by atoms with E-state index >= 15 is 0 Å². The van der Waals surface area contributed by atoms with Crippen molar-refractivity contribution in [1.82, 2.24) is 5.32 Å². The van der Waals surface area contributed by atoms with Gasteiger partial charge in [-0.3, -0.25) is 4.79 Å². The summed E-state index contributed by atoms with van der Waals surface area (Å²) in [7, 11) is 0.